The zero-order chi connectivity index (χ0) is 13.8. The Labute approximate surface area is 115 Å². The van der Waals surface area contributed by atoms with Gasteiger partial charge in [0.25, 0.3) is 0 Å². The standard InChI is InChI=1S/C17H24O2/c1-16(2)14-7-5-11-4-6-12(18)10-13(11)17(14,3)9-8-15(16)19/h4,6,10,14-15,18-19H,5,7-9H2,1-3H3/t14-,15-,17+/m1/s1. The number of aliphatic hydroxyl groups excluding tert-OH is 1. The van der Waals surface area contributed by atoms with Gasteiger partial charge in [-0.2, -0.15) is 0 Å². The van der Waals surface area contributed by atoms with Crippen LogP contribution in [0, 0.1) is 11.3 Å². The quantitative estimate of drug-likeness (QED) is 0.750. The van der Waals surface area contributed by atoms with Crippen molar-refractivity contribution in [3.05, 3.63) is 29.3 Å². The van der Waals surface area contributed by atoms with E-state index in [-0.39, 0.29) is 16.9 Å². The molecule has 1 aromatic carbocycles. The maximum absolute atomic E-state index is 10.3. The molecule has 0 aromatic heterocycles. The summed E-state index contributed by atoms with van der Waals surface area (Å²) >= 11 is 0. The fourth-order valence-electron chi connectivity index (χ4n) is 4.66. The van der Waals surface area contributed by atoms with Gasteiger partial charge >= 0.3 is 0 Å². The molecule has 0 unspecified atom stereocenters. The number of aliphatic hydroxyl groups is 1. The maximum atomic E-state index is 10.3. The van der Waals surface area contributed by atoms with Crippen LogP contribution in [0.15, 0.2) is 18.2 Å². The van der Waals surface area contributed by atoms with E-state index in [1.165, 1.54) is 11.1 Å². The van der Waals surface area contributed by atoms with Gasteiger partial charge in [0.15, 0.2) is 0 Å². The van der Waals surface area contributed by atoms with Crippen LogP contribution in [0.5, 0.6) is 5.75 Å². The summed E-state index contributed by atoms with van der Waals surface area (Å²) in [5.74, 6) is 0.850. The molecule has 19 heavy (non-hydrogen) atoms. The van der Waals surface area contributed by atoms with Crippen LogP contribution in [0.2, 0.25) is 0 Å². The van der Waals surface area contributed by atoms with Crippen molar-refractivity contribution in [2.24, 2.45) is 11.3 Å². The van der Waals surface area contributed by atoms with E-state index in [1.807, 2.05) is 6.07 Å². The molecule has 1 fully saturated rings. The molecule has 1 saturated carbocycles. The Morgan fingerprint density at radius 3 is 2.63 bits per heavy atom. The summed E-state index contributed by atoms with van der Waals surface area (Å²) in [5, 5.41) is 20.2. The van der Waals surface area contributed by atoms with Crippen LogP contribution in [0.4, 0.5) is 0 Å². The molecule has 2 aliphatic carbocycles. The van der Waals surface area contributed by atoms with E-state index in [9.17, 15) is 10.2 Å². The van der Waals surface area contributed by atoms with E-state index in [0.29, 0.717) is 11.7 Å². The van der Waals surface area contributed by atoms with E-state index in [0.717, 1.165) is 25.7 Å². The Balaban J connectivity index is 2.12. The molecule has 0 saturated heterocycles. The van der Waals surface area contributed by atoms with Crippen molar-refractivity contribution in [1.82, 2.24) is 0 Å². The molecular formula is C17H24O2. The van der Waals surface area contributed by atoms with Crippen molar-refractivity contribution in [3.63, 3.8) is 0 Å². The second kappa shape index (κ2) is 3.99. The Morgan fingerprint density at radius 1 is 1.16 bits per heavy atom. The van der Waals surface area contributed by atoms with E-state index in [1.54, 1.807) is 6.07 Å². The lowest BCUT2D eigenvalue weighted by Gasteiger charge is -2.56. The largest absolute Gasteiger partial charge is 0.508 e. The predicted octanol–water partition coefficient (Wildman–Crippen LogP) is 3.39. The number of benzene rings is 1. The lowest BCUT2D eigenvalue weighted by Crippen LogP contribution is -2.53. The number of hydrogen-bond acceptors (Lipinski definition) is 2. The first-order valence-corrected chi connectivity index (χ1v) is 7.36. The number of aryl methyl sites for hydroxylation is 1. The molecule has 0 radical (unpaired) electrons. The Morgan fingerprint density at radius 2 is 1.89 bits per heavy atom. The number of phenolic OH excluding ortho intramolecular Hbond substituents is 1. The molecule has 2 N–H and O–H groups in total. The minimum atomic E-state index is -0.204. The van der Waals surface area contributed by atoms with Crippen LogP contribution in [-0.4, -0.2) is 16.3 Å². The van der Waals surface area contributed by atoms with Gasteiger partial charge < -0.3 is 10.2 Å². The molecule has 0 bridgehead atoms. The molecule has 0 spiro atoms. The van der Waals surface area contributed by atoms with Gasteiger partial charge in [0.1, 0.15) is 5.75 Å². The van der Waals surface area contributed by atoms with Gasteiger partial charge in [0.05, 0.1) is 6.10 Å². The molecule has 0 aliphatic heterocycles. The molecule has 1 aromatic rings. The lowest BCUT2D eigenvalue weighted by atomic mass is 9.49. The third kappa shape index (κ3) is 1.73. The topological polar surface area (TPSA) is 40.5 Å². The van der Waals surface area contributed by atoms with Crippen LogP contribution < -0.4 is 0 Å². The monoisotopic (exact) mass is 260 g/mol. The average molecular weight is 260 g/mol. The minimum Gasteiger partial charge on any atom is -0.508 e. The van der Waals surface area contributed by atoms with Gasteiger partial charge in [0.2, 0.25) is 0 Å². The second-order valence-electron chi connectivity index (χ2n) is 7.23. The SMILES string of the molecule is CC1(C)[C@H](O)CC[C@@]2(C)c3cc(O)ccc3CC[C@H]12. The number of rotatable bonds is 0. The number of fused-ring (bicyclic) bond motifs is 3. The molecule has 2 aliphatic rings. The Hall–Kier alpha value is -1.02. The van der Waals surface area contributed by atoms with E-state index in [2.05, 4.69) is 26.8 Å². The zero-order valence-corrected chi connectivity index (χ0v) is 12.1. The molecule has 0 amide bonds. The summed E-state index contributed by atoms with van der Waals surface area (Å²) in [6, 6.07) is 5.82. The highest BCUT2D eigenvalue weighted by molar-refractivity contribution is 5.43. The van der Waals surface area contributed by atoms with Gasteiger partial charge in [-0.1, -0.05) is 26.8 Å². The van der Waals surface area contributed by atoms with Gasteiger partial charge in [-0.3, -0.25) is 0 Å². The highest BCUT2D eigenvalue weighted by Crippen LogP contribution is 2.57. The second-order valence-corrected chi connectivity index (χ2v) is 7.23. The predicted molar refractivity (Wildman–Crippen MR) is 76.3 cm³/mol. The molecule has 2 nitrogen and oxygen atoms in total. The molecule has 3 atom stereocenters. The number of hydrogen-bond donors (Lipinski definition) is 2. The highest BCUT2D eigenvalue weighted by atomic mass is 16.3. The first kappa shape index (κ1) is 13.0. The van der Waals surface area contributed by atoms with Gasteiger partial charge in [-0.25, -0.2) is 0 Å². The summed E-state index contributed by atoms with van der Waals surface area (Å²) in [6.07, 6.45) is 3.86. The molecule has 0 heterocycles. The molecule has 2 heteroatoms. The zero-order valence-electron chi connectivity index (χ0n) is 12.1. The van der Waals surface area contributed by atoms with Gasteiger partial charge in [-0.15, -0.1) is 0 Å². The van der Waals surface area contributed by atoms with Crippen LogP contribution >= 0.6 is 0 Å². The van der Waals surface area contributed by atoms with Crippen LogP contribution in [0.1, 0.15) is 51.2 Å². The first-order chi connectivity index (χ1) is 8.85. The number of aromatic hydroxyl groups is 1. The lowest BCUT2D eigenvalue weighted by molar-refractivity contribution is -0.0731. The Bertz CT molecular complexity index is 506. The van der Waals surface area contributed by atoms with Crippen molar-refractivity contribution >= 4 is 0 Å². The van der Waals surface area contributed by atoms with Crippen LogP contribution in [0.25, 0.3) is 0 Å². The Kier molecular flexibility index (Phi) is 2.72. The minimum absolute atomic E-state index is 0.0455. The van der Waals surface area contributed by atoms with Crippen LogP contribution in [0.3, 0.4) is 0 Å². The highest BCUT2D eigenvalue weighted by Gasteiger charge is 2.53. The van der Waals surface area contributed by atoms with Crippen molar-refractivity contribution < 1.29 is 10.2 Å². The summed E-state index contributed by atoms with van der Waals surface area (Å²) in [6.45, 7) is 6.73. The fraction of sp³-hybridized carbons (Fsp3) is 0.647. The summed E-state index contributed by atoms with van der Waals surface area (Å²) in [5.41, 5.74) is 2.73. The van der Waals surface area contributed by atoms with Gasteiger partial charge in [-0.05, 0) is 65.7 Å². The van der Waals surface area contributed by atoms with Crippen molar-refractivity contribution in [1.29, 1.82) is 0 Å². The summed E-state index contributed by atoms with van der Waals surface area (Å²) in [7, 11) is 0. The molecular weight excluding hydrogens is 236 g/mol. The third-order valence-corrected chi connectivity index (χ3v) is 5.87. The van der Waals surface area contributed by atoms with E-state index >= 15 is 0 Å². The smallest absolute Gasteiger partial charge is 0.115 e. The van der Waals surface area contributed by atoms with E-state index in [4.69, 9.17) is 0 Å². The third-order valence-electron chi connectivity index (χ3n) is 5.87. The van der Waals surface area contributed by atoms with Crippen LogP contribution in [-0.2, 0) is 11.8 Å². The first-order valence-electron chi connectivity index (χ1n) is 7.36. The normalized spacial score (nSPS) is 36.4. The molecule has 104 valence electrons. The van der Waals surface area contributed by atoms with Gasteiger partial charge in [0, 0.05) is 0 Å². The fourth-order valence-corrected chi connectivity index (χ4v) is 4.66. The van der Waals surface area contributed by atoms with Crippen molar-refractivity contribution in [2.75, 3.05) is 0 Å². The van der Waals surface area contributed by atoms with Crippen molar-refractivity contribution in [2.45, 2.75) is 58.0 Å². The van der Waals surface area contributed by atoms with Crippen molar-refractivity contribution in [3.8, 4) is 5.75 Å². The van der Waals surface area contributed by atoms with E-state index < -0.39 is 0 Å². The summed E-state index contributed by atoms with van der Waals surface area (Å²) in [4.78, 5) is 0. The maximum Gasteiger partial charge on any atom is 0.115 e. The summed E-state index contributed by atoms with van der Waals surface area (Å²) < 4.78 is 0. The number of phenols is 1. The average Bonchev–Trinajstić information content (AvgIpc) is 2.35. The molecule has 3 rings (SSSR count).